The number of halogens is 2. The second kappa shape index (κ2) is 7.29. The molecule has 5 nitrogen and oxygen atoms in total. The van der Waals surface area contributed by atoms with E-state index in [-0.39, 0.29) is 11.6 Å². The molecule has 0 spiro atoms. The number of carbonyl (C=O) groups is 1. The first kappa shape index (κ1) is 17.5. The predicted octanol–water partition coefficient (Wildman–Crippen LogP) is 4.46. The largest absolute Gasteiger partial charge is 0.497 e. The average Bonchev–Trinajstić information content (AvgIpc) is 2.95. The quantitative estimate of drug-likeness (QED) is 0.539. The maximum absolute atomic E-state index is 12.2. The van der Waals surface area contributed by atoms with Crippen LogP contribution >= 0.6 is 27.5 Å². The number of nitrogens with zero attached hydrogens (tertiary/aromatic N) is 1. The van der Waals surface area contributed by atoms with Gasteiger partial charge < -0.3 is 14.2 Å². The summed E-state index contributed by atoms with van der Waals surface area (Å²) in [5, 5.41) is 0.382. The van der Waals surface area contributed by atoms with Gasteiger partial charge in [-0.05, 0) is 42.5 Å². The Bertz CT molecular complexity index is 908. The van der Waals surface area contributed by atoms with Crippen molar-refractivity contribution in [3.8, 4) is 11.5 Å². The van der Waals surface area contributed by atoms with Crippen LogP contribution in [0.25, 0.3) is 6.08 Å². The van der Waals surface area contributed by atoms with Gasteiger partial charge in [0.25, 0.3) is 0 Å². The number of rotatable bonds is 4. The molecule has 0 saturated heterocycles. The molecule has 25 heavy (non-hydrogen) atoms. The van der Waals surface area contributed by atoms with E-state index in [1.54, 1.807) is 44.6 Å². The van der Waals surface area contributed by atoms with Crippen molar-refractivity contribution >= 4 is 45.5 Å². The van der Waals surface area contributed by atoms with Gasteiger partial charge in [0.1, 0.15) is 11.5 Å². The van der Waals surface area contributed by atoms with Gasteiger partial charge in [-0.25, -0.2) is 9.79 Å². The lowest BCUT2D eigenvalue weighted by atomic mass is 10.1. The van der Waals surface area contributed by atoms with Crippen molar-refractivity contribution in [2.45, 2.75) is 0 Å². The molecule has 0 amide bonds. The van der Waals surface area contributed by atoms with Gasteiger partial charge in [0, 0.05) is 10.0 Å². The van der Waals surface area contributed by atoms with E-state index in [0.717, 1.165) is 4.47 Å². The molecule has 1 aliphatic rings. The number of benzene rings is 2. The van der Waals surface area contributed by atoms with Crippen LogP contribution in [0.4, 0.5) is 0 Å². The molecular weight excluding hydrogens is 410 g/mol. The fourth-order valence-corrected chi connectivity index (χ4v) is 2.92. The maximum Gasteiger partial charge on any atom is 0.363 e. The number of esters is 1. The van der Waals surface area contributed by atoms with Gasteiger partial charge in [0.15, 0.2) is 5.70 Å². The third-order valence-electron chi connectivity index (χ3n) is 3.51. The van der Waals surface area contributed by atoms with Crippen molar-refractivity contribution in [2.75, 3.05) is 14.2 Å². The Kier molecular flexibility index (Phi) is 5.11. The molecule has 7 heteroatoms. The average molecular weight is 423 g/mol. The van der Waals surface area contributed by atoms with E-state index in [4.69, 9.17) is 25.8 Å². The SMILES string of the molecule is COc1ccc(C2=NC(=Cc3cc(Br)ccc3OC)C(=O)O2)c(Cl)c1. The van der Waals surface area contributed by atoms with Crippen molar-refractivity contribution < 1.29 is 19.0 Å². The molecule has 0 N–H and O–H groups in total. The molecular formula is C18H13BrClNO4. The molecule has 0 aliphatic carbocycles. The molecule has 2 aromatic carbocycles. The van der Waals surface area contributed by atoms with E-state index >= 15 is 0 Å². The Hall–Kier alpha value is -2.31. The summed E-state index contributed by atoms with van der Waals surface area (Å²) in [6.45, 7) is 0. The number of ether oxygens (including phenoxy) is 3. The van der Waals surface area contributed by atoms with E-state index in [9.17, 15) is 4.79 Å². The van der Waals surface area contributed by atoms with Crippen LogP contribution in [0, 0.1) is 0 Å². The molecule has 0 fully saturated rings. The zero-order valence-corrected chi connectivity index (χ0v) is 15.7. The highest BCUT2D eigenvalue weighted by Gasteiger charge is 2.26. The molecule has 2 aromatic rings. The topological polar surface area (TPSA) is 57.1 Å². The maximum atomic E-state index is 12.2. The van der Waals surface area contributed by atoms with Crippen molar-refractivity contribution in [1.29, 1.82) is 0 Å². The Morgan fingerprint density at radius 2 is 1.96 bits per heavy atom. The van der Waals surface area contributed by atoms with E-state index in [2.05, 4.69) is 20.9 Å². The van der Waals surface area contributed by atoms with E-state index in [0.29, 0.717) is 27.6 Å². The Morgan fingerprint density at radius 3 is 2.64 bits per heavy atom. The number of cyclic esters (lactones) is 1. The first-order chi connectivity index (χ1) is 12.0. The van der Waals surface area contributed by atoms with Crippen molar-refractivity contribution in [3.63, 3.8) is 0 Å². The molecule has 3 rings (SSSR count). The van der Waals surface area contributed by atoms with Crippen molar-refractivity contribution in [3.05, 3.63) is 62.7 Å². The number of hydrogen-bond acceptors (Lipinski definition) is 5. The molecule has 0 radical (unpaired) electrons. The zero-order chi connectivity index (χ0) is 18.0. The summed E-state index contributed by atoms with van der Waals surface area (Å²) in [6.07, 6.45) is 1.61. The third kappa shape index (κ3) is 3.70. The first-order valence-corrected chi connectivity index (χ1v) is 8.39. The molecule has 0 atom stereocenters. The molecule has 0 saturated carbocycles. The number of methoxy groups -OCH3 is 2. The van der Waals surface area contributed by atoms with Gasteiger partial charge in [0.2, 0.25) is 5.90 Å². The van der Waals surface area contributed by atoms with Gasteiger partial charge in [-0.3, -0.25) is 0 Å². The summed E-state index contributed by atoms with van der Waals surface area (Å²) in [7, 11) is 3.11. The van der Waals surface area contributed by atoms with Crippen LogP contribution in [0.15, 0.2) is 51.6 Å². The molecule has 0 bridgehead atoms. The monoisotopic (exact) mass is 421 g/mol. The number of hydrogen-bond donors (Lipinski definition) is 0. The summed E-state index contributed by atoms with van der Waals surface area (Å²) < 4.78 is 16.5. The smallest absolute Gasteiger partial charge is 0.363 e. The lowest BCUT2D eigenvalue weighted by Crippen LogP contribution is -2.06. The van der Waals surface area contributed by atoms with Gasteiger partial charge in [-0.15, -0.1) is 0 Å². The Balaban J connectivity index is 1.99. The molecule has 0 aromatic heterocycles. The zero-order valence-electron chi connectivity index (χ0n) is 13.4. The van der Waals surface area contributed by atoms with Crippen LogP contribution in [0.1, 0.15) is 11.1 Å². The molecule has 1 heterocycles. The Morgan fingerprint density at radius 1 is 1.16 bits per heavy atom. The van der Waals surface area contributed by atoms with Crippen LogP contribution in [0.3, 0.4) is 0 Å². The second-order valence-corrected chi connectivity index (χ2v) is 6.39. The predicted molar refractivity (Wildman–Crippen MR) is 99.3 cm³/mol. The third-order valence-corrected chi connectivity index (χ3v) is 4.32. The lowest BCUT2D eigenvalue weighted by molar-refractivity contribution is -0.129. The van der Waals surface area contributed by atoms with Crippen molar-refractivity contribution in [2.24, 2.45) is 4.99 Å². The summed E-state index contributed by atoms with van der Waals surface area (Å²) in [5.41, 5.74) is 1.38. The minimum Gasteiger partial charge on any atom is -0.497 e. The van der Waals surface area contributed by atoms with Crippen LogP contribution in [-0.2, 0) is 9.53 Å². The van der Waals surface area contributed by atoms with E-state index in [1.807, 2.05) is 12.1 Å². The highest BCUT2D eigenvalue weighted by Crippen LogP contribution is 2.29. The fraction of sp³-hybridized carbons (Fsp3) is 0.111. The lowest BCUT2D eigenvalue weighted by Gasteiger charge is -2.05. The summed E-state index contributed by atoms with van der Waals surface area (Å²) >= 11 is 9.61. The standard InChI is InChI=1S/C18H13BrClNO4/c1-23-12-4-5-13(14(20)9-12)17-21-15(18(22)25-17)8-10-7-11(19)3-6-16(10)24-2/h3-9H,1-2H3. The number of aliphatic imine (C=N–C) groups is 1. The first-order valence-electron chi connectivity index (χ1n) is 7.22. The fourth-order valence-electron chi connectivity index (χ4n) is 2.29. The highest BCUT2D eigenvalue weighted by atomic mass is 79.9. The minimum atomic E-state index is -0.552. The molecule has 0 unspecified atom stereocenters. The van der Waals surface area contributed by atoms with Crippen LogP contribution < -0.4 is 9.47 Å². The van der Waals surface area contributed by atoms with Gasteiger partial charge in [-0.1, -0.05) is 27.5 Å². The van der Waals surface area contributed by atoms with Crippen LogP contribution in [0.2, 0.25) is 5.02 Å². The van der Waals surface area contributed by atoms with Crippen LogP contribution in [0.5, 0.6) is 11.5 Å². The normalized spacial score (nSPS) is 15.1. The minimum absolute atomic E-state index is 0.151. The van der Waals surface area contributed by atoms with E-state index < -0.39 is 5.97 Å². The number of carbonyl (C=O) groups excluding carboxylic acids is 1. The summed E-state index contributed by atoms with van der Waals surface area (Å²) in [6, 6.07) is 10.5. The Labute approximate surface area is 158 Å². The molecule has 128 valence electrons. The van der Waals surface area contributed by atoms with Gasteiger partial charge in [0.05, 0.1) is 24.8 Å². The highest BCUT2D eigenvalue weighted by molar-refractivity contribution is 9.10. The van der Waals surface area contributed by atoms with E-state index in [1.165, 1.54) is 0 Å². The van der Waals surface area contributed by atoms with Crippen molar-refractivity contribution in [1.82, 2.24) is 0 Å². The van der Waals surface area contributed by atoms with Gasteiger partial charge in [-0.2, -0.15) is 0 Å². The summed E-state index contributed by atoms with van der Waals surface area (Å²) in [4.78, 5) is 16.4. The van der Waals surface area contributed by atoms with Crippen LogP contribution in [-0.4, -0.2) is 26.1 Å². The van der Waals surface area contributed by atoms with Gasteiger partial charge >= 0.3 is 5.97 Å². The molecule has 1 aliphatic heterocycles. The summed E-state index contributed by atoms with van der Waals surface area (Å²) in [5.74, 6) is 0.824. The second-order valence-electron chi connectivity index (χ2n) is 5.07.